The number of carbonyl (C=O) groups is 1. The molecule has 1 atom stereocenters. The smallest absolute Gasteiger partial charge is 0.334 e. The average Bonchev–Trinajstić information content (AvgIpc) is 2.20. The number of hydrogen-bond acceptors (Lipinski definition) is 4. The minimum atomic E-state index is -0.769. The molecule has 1 aromatic rings. The van der Waals surface area contributed by atoms with Gasteiger partial charge in [-0.05, 0) is 12.1 Å². The summed E-state index contributed by atoms with van der Waals surface area (Å²) in [6.07, 6.45) is 0. The highest BCUT2D eigenvalue weighted by Gasteiger charge is 2.30. The Kier molecular flexibility index (Phi) is 2.05. The van der Waals surface area contributed by atoms with Crippen molar-refractivity contribution in [3.05, 3.63) is 29.8 Å². The summed E-state index contributed by atoms with van der Waals surface area (Å²) in [4.78, 5) is 15.3. The molecule has 0 saturated carbocycles. The molecule has 0 saturated heterocycles. The van der Waals surface area contributed by atoms with E-state index in [9.17, 15) is 4.79 Å². The van der Waals surface area contributed by atoms with Crippen LogP contribution in [0.25, 0.3) is 0 Å². The summed E-state index contributed by atoms with van der Waals surface area (Å²) in [6.45, 7) is 0. The van der Waals surface area contributed by atoms with Crippen LogP contribution >= 0.6 is 0 Å². The van der Waals surface area contributed by atoms with E-state index < -0.39 is 12.0 Å². The fourth-order valence-electron chi connectivity index (χ4n) is 1.48. The number of ether oxygens (including phenoxy) is 1. The zero-order valence-electron chi connectivity index (χ0n) is 7.73. The number of nitrogens with two attached hydrogens (primary N) is 1. The number of carbonyl (C=O) groups excluding carboxylic acids is 1. The van der Waals surface area contributed by atoms with Gasteiger partial charge in [-0.15, -0.1) is 0 Å². The van der Waals surface area contributed by atoms with Gasteiger partial charge in [-0.3, -0.25) is 4.99 Å². The molecule has 4 nitrogen and oxygen atoms in total. The van der Waals surface area contributed by atoms with Crippen LogP contribution in [0.3, 0.4) is 0 Å². The third-order valence-corrected chi connectivity index (χ3v) is 2.16. The molecular formula is C10H10N2O2. The Balaban J connectivity index is 2.59. The lowest BCUT2D eigenvalue weighted by Crippen LogP contribution is -2.45. The molecule has 0 spiro atoms. The van der Waals surface area contributed by atoms with E-state index >= 15 is 0 Å². The third-order valence-electron chi connectivity index (χ3n) is 2.16. The molecule has 14 heavy (non-hydrogen) atoms. The van der Waals surface area contributed by atoms with Crippen molar-refractivity contribution in [2.24, 2.45) is 10.7 Å². The molecule has 4 heteroatoms. The minimum absolute atomic E-state index is 0.454. The van der Waals surface area contributed by atoms with Gasteiger partial charge in [0, 0.05) is 12.6 Å². The maximum atomic E-state index is 11.3. The van der Waals surface area contributed by atoms with Gasteiger partial charge in [-0.25, -0.2) is 4.79 Å². The van der Waals surface area contributed by atoms with Crippen LogP contribution in [0.5, 0.6) is 5.75 Å². The van der Waals surface area contributed by atoms with Gasteiger partial charge in [0.1, 0.15) is 11.8 Å². The fourth-order valence-corrected chi connectivity index (χ4v) is 1.48. The summed E-state index contributed by atoms with van der Waals surface area (Å²) in [6, 6.07) is 6.45. The molecule has 0 aliphatic carbocycles. The second kappa shape index (κ2) is 3.23. The van der Waals surface area contributed by atoms with Crippen LogP contribution in [0.1, 0.15) is 5.56 Å². The molecule has 1 aliphatic rings. The van der Waals surface area contributed by atoms with E-state index in [1.807, 2.05) is 12.1 Å². The highest BCUT2D eigenvalue weighted by molar-refractivity contribution is 6.19. The van der Waals surface area contributed by atoms with Crippen molar-refractivity contribution in [1.29, 1.82) is 0 Å². The molecule has 1 unspecified atom stereocenters. The first-order chi connectivity index (χ1) is 6.74. The molecular weight excluding hydrogens is 180 g/mol. The quantitative estimate of drug-likeness (QED) is 0.474. The zero-order valence-corrected chi connectivity index (χ0v) is 7.73. The molecule has 0 fully saturated rings. The Morgan fingerprint density at radius 3 is 2.86 bits per heavy atom. The first-order valence-electron chi connectivity index (χ1n) is 4.27. The highest BCUT2D eigenvalue weighted by Crippen LogP contribution is 2.24. The van der Waals surface area contributed by atoms with E-state index in [0.717, 1.165) is 5.56 Å². The number of aliphatic imine (C=N–C) groups is 1. The molecule has 0 aromatic heterocycles. The van der Waals surface area contributed by atoms with E-state index in [4.69, 9.17) is 10.5 Å². The van der Waals surface area contributed by atoms with Crippen LogP contribution < -0.4 is 10.5 Å². The van der Waals surface area contributed by atoms with Crippen molar-refractivity contribution in [3.63, 3.8) is 0 Å². The number of nitrogens with zero attached hydrogens (tertiary/aromatic N) is 1. The molecule has 1 aromatic carbocycles. The Morgan fingerprint density at radius 2 is 2.14 bits per heavy atom. The van der Waals surface area contributed by atoms with Crippen LogP contribution in [-0.2, 0) is 4.79 Å². The number of para-hydroxylation sites is 1. The second-order valence-electron chi connectivity index (χ2n) is 3.00. The fraction of sp³-hybridized carbons (Fsp3) is 0.200. The lowest BCUT2D eigenvalue weighted by molar-refractivity contribution is -0.134. The highest BCUT2D eigenvalue weighted by atomic mass is 16.5. The number of hydrogen-bond donors (Lipinski definition) is 1. The van der Waals surface area contributed by atoms with Gasteiger partial charge < -0.3 is 10.5 Å². The largest absolute Gasteiger partial charge is 0.424 e. The van der Waals surface area contributed by atoms with Gasteiger partial charge in [0.25, 0.3) is 0 Å². The second-order valence-corrected chi connectivity index (χ2v) is 3.00. The van der Waals surface area contributed by atoms with Crippen LogP contribution in [0, 0.1) is 0 Å². The SMILES string of the molecule is CN=C1c2ccccc2OC(=O)C1N. The Bertz CT molecular complexity index is 412. The molecule has 2 N–H and O–H groups in total. The van der Waals surface area contributed by atoms with E-state index in [1.165, 1.54) is 0 Å². The normalized spacial score (nSPS) is 23.1. The van der Waals surface area contributed by atoms with Crippen molar-refractivity contribution in [2.45, 2.75) is 6.04 Å². The topological polar surface area (TPSA) is 64.7 Å². The zero-order chi connectivity index (χ0) is 10.1. The van der Waals surface area contributed by atoms with E-state index in [2.05, 4.69) is 4.99 Å². The monoisotopic (exact) mass is 190 g/mol. The van der Waals surface area contributed by atoms with Crippen molar-refractivity contribution in [1.82, 2.24) is 0 Å². The minimum Gasteiger partial charge on any atom is -0.424 e. The van der Waals surface area contributed by atoms with Crippen LogP contribution in [0.15, 0.2) is 29.3 Å². The van der Waals surface area contributed by atoms with Gasteiger partial charge >= 0.3 is 5.97 Å². The van der Waals surface area contributed by atoms with E-state index in [1.54, 1.807) is 19.2 Å². The van der Waals surface area contributed by atoms with Crippen molar-refractivity contribution >= 4 is 11.7 Å². The first kappa shape index (κ1) is 8.90. The third kappa shape index (κ3) is 1.20. The molecule has 0 bridgehead atoms. The Hall–Kier alpha value is -1.68. The number of benzene rings is 1. The maximum Gasteiger partial charge on any atom is 0.334 e. The number of fused-ring (bicyclic) bond motifs is 1. The van der Waals surface area contributed by atoms with Crippen molar-refractivity contribution < 1.29 is 9.53 Å². The summed E-state index contributed by atoms with van der Waals surface area (Å²) in [5, 5.41) is 0. The van der Waals surface area contributed by atoms with Gasteiger partial charge in [-0.2, -0.15) is 0 Å². The molecule has 2 rings (SSSR count). The predicted molar refractivity (Wildman–Crippen MR) is 52.5 cm³/mol. The van der Waals surface area contributed by atoms with Crippen LogP contribution in [-0.4, -0.2) is 24.8 Å². The first-order valence-corrected chi connectivity index (χ1v) is 4.27. The molecule has 0 radical (unpaired) electrons. The molecule has 1 heterocycles. The Morgan fingerprint density at radius 1 is 1.43 bits per heavy atom. The maximum absolute atomic E-state index is 11.3. The number of esters is 1. The number of rotatable bonds is 0. The molecule has 1 aliphatic heterocycles. The summed E-state index contributed by atoms with van der Waals surface area (Å²) in [7, 11) is 1.62. The summed E-state index contributed by atoms with van der Waals surface area (Å²) >= 11 is 0. The summed E-state index contributed by atoms with van der Waals surface area (Å²) in [5.41, 5.74) is 7.02. The standard InChI is InChI=1S/C10H10N2O2/c1-12-9-6-4-2-3-5-7(6)14-10(13)8(9)11/h2-5,8H,11H2,1H3. The lowest BCUT2D eigenvalue weighted by atomic mass is 10.0. The summed E-state index contributed by atoms with van der Waals surface area (Å²) < 4.78 is 5.03. The predicted octanol–water partition coefficient (Wildman–Crippen LogP) is 0.352. The van der Waals surface area contributed by atoms with E-state index in [0.29, 0.717) is 11.5 Å². The average molecular weight is 190 g/mol. The van der Waals surface area contributed by atoms with Gasteiger partial charge in [0.2, 0.25) is 0 Å². The van der Waals surface area contributed by atoms with Gasteiger partial charge in [0.05, 0.1) is 5.71 Å². The van der Waals surface area contributed by atoms with Crippen molar-refractivity contribution in [2.75, 3.05) is 7.05 Å². The molecule has 0 amide bonds. The van der Waals surface area contributed by atoms with Gasteiger partial charge in [-0.1, -0.05) is 12.1 Å². The summed E-state index contributed by atoms with van der Waals surface area (Å²) in [5.74, 6) is 0.0732. The Labute approximate surface area is 81.4 Å². The van der Waals surface area contributed by atoms with Crippen LogP contribution in [0.4, 0.5) is 0 Å². The van der Waals surface area contributed by atoms with Crippen molar-refractivity contribution in [3.8, 4) is 5.75 Å². The van der Waals surface area contributed by atoms with Gasteiger partial charge in [0.15, 0.2) is 0 Å². The van der Waals surface area contributed by atoms with E-state index in [-0.39, 0.29) is 0 Å². The van der Waals surface area contributed by atoms with Crippen LogP contribution in [0.2, 0.25) is 0 Å². The molecule has 72 valence electrons. The lowest BCUT2D eigenvalue weighted by Gasteiger charge is -2.21.